The monoisotopic (exact) mass is 422 g/mol. The van der Waals surface area contributed by atoms with Gasteiger partial charge in [-0.1, -0.05) is 0 Å². The first-order valence-corrected chi connectivity index (χ1v) is 10.2. The molecule has 1 amide bonds. The van der Waals surface area contributed by atoms with Crippen LogP contribution < -0.4 is 15.4 Å². The average molecular weight is 422 g/mol. The lowest BCUT2D eigenvalue weighted by Gasteiger charge is -2.40. The highest BCUT2D eigenvalue weighted by atomic mass is 19.1. The van der Waals surface area contributed by atoms with E-state index < -0.39 is 40.7 Å². The number of benzene rings is 1. The molecule has 2 N–H and O–H groups in total. The van der Waals surface area contributed by atoms with Gasteiger partial charge < -0.3 is 24.8 Å². The highest BCUT2D eigenvalue weighted by Gasteiger charge is 2.44. The van der Waals surface area contributed by atoms with E-state index in [9.17, 15) is 14.0 Å². The SMILES string of the molecule is CC(C)(C)OC(=O)NC1CC2(CCNC2)Oc2cc(C(=O)OC(C)(C)C)c(F)cc21. The summed E-state index contributed by atoms with van der Waals surface area (Å²) < 4.78 is 31.8. The van der Waals surface area contributed by atoms with Crippen LogP contribution in [0.3, 0.4) is 0 Å². The van der Waals surface area contributed by atoms with Crippen molar-refractivity contribution in [1.29, 1.82) is 0 Å². The van der Waals surface area contributed by atoms with Gasteiger partial charge in [0.15, 0.2) is 0 Å². The Morgan fingerprint density at radius 3 is 2.40 bits per heavy atom. The topological polar surface area (TPSA) is 85.9 Å². The van der Waals surface area contributed by atoms with E-state index in [4.69, 9.17) is 14.2 Å². The second-order valence-electron chi connectivity index (χ2n) is 9.99. The van der Waals surface area contributed by atoms with E-state index in [1.54, 1.807) is 41.5 Å². The number of ether oxygens (including phenoxy) is 3. The second kappa shape index (κ2) is 7.72. The largest absolute Gasteiger partial charge is 0.485 e. The smallest absolute Gasteiger partial charge is 0.408 e. The Hall–Kier alpha value is -2.35. The lowest BCUT2D eigenvalue weighted by atomic mass is 9.86. The minimum atomic E-state index is -0.757. The lowest BCUT2D eigenvalue weighted by molar-refractivity contribution is 0.00585. The van der Waals surface area contributed by atoms with Gasteiger partial charge in [0.25, 0.3) is 0 Å². The lowest BCUT2D eigenvalue weighted by Crippen LogP contribution is -2.47. The van der Waals surface area contributed by atoms with Crippen molar-refractivity contribution < 1.29 is 28.2 Å². The van der Waals surface area contributed by atoms with Crippen LogP contribution in [0, 0.1) is 5.82 Å². The van der Waals surface area contributed by atoms with Crippen LogP contribution in [-0.2, 0) is 9.47 Å². The number of hydrogen-bond donors (Lipinski definition) is 2. The zero-order valence-electron chi connectivity index (χ0n) is 18.5. The van der Waals surface area contributed by atoms with Gasteiger partial charge >= 0.3 is 12.1 Å². The van der Waals surface area contributed by atoms with Crippen LogP contribution in [0.1, 0.15) is 76.3 Å². The number of carbonyl (C=O) groups excluding carboxylic acids is 2. The van der Waals surface area contributed by atoms with Gasteiger partial charge in [0.2, 0.25) is 0 Å². The van der Waals surface area contributed by atoms with Crippen LogP contribution in [0.2, 0.25) is 0 Å². The van der Waals surface area contributed by atoms with E-state index in [0.717, 1.165) is 13.0 Å². The van der Waals surface area contributed by atoms with Gasteiger partial charge in [-0.25, -0.2) is 14.0 Å². The molecular weight excluding hydrogens is 391 g/mol. The minimum Gasteiger partial charge on any atom is -0.485 e. The zero-order chi connectivity index (χ0) is 22.3. The molecule has 30 heavy (non-hydrogen) atoms. The summed E-state index contributed by atoms with van der Waals surface area (Å²) >= 11 is 0. The molecular formula is C22H31FN2O5. The van der Waals surface area contributed by atoms with Crippen LogP contribution in [0.25, 0.3) is 0 Å². The summed E-state index contributed by atoms with van der Waals surface area (Å²) in [7, 11) is 0. The molecule has 0 bridgehead atoms. The van der Waals surface area contributed by atoms with Gasteiger partial charge in [-0.05, 0) is 60.2 Å². The summed E-state index contributed by atoms with van der Waals surface area (Å²) in [6, 6.07) is 2.11. The second-order valence-corrected chi connectivity index (χ2v) is 9.99. The van der Waals surface area contributed by atoms with Crippen molar-refractivity contribution in [2.75, 3.05) is 13.1 Å². The summed E-state index contributed by atoms with van der Waals surface area (Å²) in [5.74, 6) is -1.11. The van der Waals surface area contributed by atoms with Gasteiger partial charge in [-0.2, -0.15) is 0 Å². The molecule has 3 rings (SSSR count). The number of rotatable bonds is 2. The van der Waals surface area contributed by atoms with Crippen LogP contribution in [-0.4, -0.2) is 42.0 Å². The summed E-state index contributed by atoms with van der Waals surface area (Å²) in [6.07, 6.45) is 0.619. The molecule has 7 nitrogen and oxygen atoms in total. The van der Waals surface area contributed by atoms with Crippen molar-refractivity contribution in [3.8, 4) is 5.75 Å². The van der Waals surface area contributed by atoms with Crippen LogP contribution in [0.4, 0.5) is 9.18 Å². The summed E-state index contributed by atoms with van der Waals surface area (Å²) in [6.45, 7) is 11.9. The molecule has 0 saturated carbocycles. The Morgan fingerprint density at radius 1 is 1.17 bits per heavy atom. The molecule has 1 aromatic rings. The number of hydrogen-bond acceptors (Lipinski definition) is 6. The quantitative estimate of drug-likeness (QED) is 0.704. The third kappa shape index (κ3) is 5.22. The molecule has 0 aromatic heterocycles. The van der Waals surface area contributed by atoms with Crippen LogP contribution >= 0.6 is 0 Å². The third-order valence-electron chi connectivity index (χ3n) is 4.89. The Labute approximate surface area is 176 Å². The van der Waals surface area contributed by atoms with Crippen molar-refractivity contribution in [3.63, 3.8) is 0 Å². The van der Waals surface area contributed by atoms with E-state index in [-0.39, 0.29) is 5.56 Å². The van der Waals surface area contributed by atoms with Crippen LogP contribution in [0.5, 0.6) is 5.75 Å². The van der Waals surface area contributed by atoms with Gasteiger partial charge in [-0.3, -0.25) is 0 Å². The number of nitrogens with one attached hydrogen (secondary N) is 2. The molecule has 166 valence electrons. The van der Waals surface area contributed by atoms with Crippen molar-refractivity contribution in [1.82, 2.24) is 10.6 Å². The van der Waals surface area contributed by atoms with E-state index >= 15 is 0 Å². The molecule has 2 heterocycles. The highest BCUT2D eigenvalue weighted by Crippen LogP contribution is 2.43. The molecule has 0 aliphatic carbocycles. The molecule has 1 aromatic carbocycles. The fourth-order valence-electron chi connectivity index (χ4n) is 3.74. The fourth-order valence-corrected chi connectivity index (χ4v) is 3.74. The Bertz CT molecular complexity index is 835. The van der Waals surface area contributed by atoms with Crippen molar-refractivity contribution in [3.05, 3.63) is 29.1 Å². The number of amides is 1. The van der Waals surface area contributed by atoms with Gasteiger partial charge in [0.1, 0.15) is 28.4 Å². The Kier molecular flexibility index (Phi) is 5.75. The number of halogens is 1. The number of esters is 1. The molecule has 0 radical (unpaired) electrons. The maximum absolute atomic E-state index is 14.8. The van der Waals surface area contributed by atoms with Gasteiger partial charge in [0, 0.05) is 24.9 Å². The first-order chi connectivity index (χ1) is 13.8. The summed E-state index contributed by atoms with van der Waals surface area (Å²) in [5.41, 5.74) is -1.67. The average Bonchev–Trinajstić information content (AvgIpc) is 2.99. The fraction of sp³-hybridized carbons (Fsp3) is 0.636. The standard InChI is InChI=1S/C22H31FN2O5/c1-20(2,3)29-18(26)13-10-17-14(9-15(13)23)16(25-19(27)30-21(4,5)6)11-22(28-17)7-8-24-12-22/h9-10,16,24H,7-8,11-12H2,1-6H3,(H,25,27). The third-order valence-corrected chi connectivity index (χ3v) is 4.89. The zero-order valence-corrected chi connectivity index (χ0v) is 18.5. The first-order valence-electron chi connectivity index (χ1n) is 10.2. The minimum absolute atomic E-state index is 0.192. The Balaban J connectivity index is 1.94. The normalized spacial score (nSPS) is 23.5. The van der Waals surface area contributed by atoms with E-state index in [1.165, 1.54) is 12.1 Å². The molecule has 1 spiro atoms. The van der Waals surface area contributed by atoms with Gasteiger partial charge in [0.05, 0.1) is 11.6 Å². The molecule has 1 fully saturated rings. The highest BCUT2D eigenvalue weighted by molar-refractivity contribution is 5.90. The van der Waals surface area contributed by atoms with E-state index in [2.05, 4.69) is 10.6 Å². The predicted molar refractivity (Wildman–Crippen MR) is 109 cm³/mol. The molecule has 1 saturated heterocycles. The van der Waals surface area contributed by atoms with Crippen molar-refractivity contribution >= 4 is 12.1 Å². The maximum atomic E-state index is 14.8. The van der Waals surface area contributed by atoms with Crippen molar-refractivity contribution in [2.45, 2.75) is 77.2 Å². The molecule has 2 atom stereocenters. The van der Waals surface area contributed by atoms with E-state index in [1.807, 2.05) is 0 Å². The predicted octanol–water partition coefficient (Wildman–Crippen LogP) is 3.86. The molecule has 2 aliphatic heterocycles. The summed E-state index contributed by atoms with van der Waals surface area (Å²) in [5, 5.41) is 6.12. The number of carbonyl (C=O) groups is 2. The van der Waals surface area contributed by atoms with E-state index in [0.29, 0.717) is 24.3 Å². The molecule has 2 unspecified atom stereocenters. The number of alkyl carbamates (subject to hydrolysis) is 1. The number of fused-ring (bicyclic) bond motifs is 1. The molecule has 2 aliphatic rings. The maximum Gasteiger partial charge on any atom is 0.408 e. The van der Waals surface area contributed by atoms with Crippen LogP contribution in [0.15, 0.2) is 12.1 Å². The molecule has 8 heteroatoms. The van der Waals surface area contributed by atoms with Crippen molar-refractivity contribution in [2.24, 2.45) is 0 Å². The van der Waals surface area contributed by atoms with Gasteiger partial charge in [-0.15, -0.1) is 0 Å². The first kappa shape index (κ1) is 22.3. The summed E-state index contributed by atoms with van der Waals surface area (Å²) in [4.78, 5) is 24.9. The Morgan fingerprint density at radius 2 is 1.83 bits per heavy atom.